The summed E-state index contributed by atoms with van der Waals surface area (Å²) in [5.74, 6) is 1.27. The van der Waals surface area contributed by atoms with E-state index in [2.05, 4.69) is 23.6 Å². The van der Waals surface area contributed by atoms with E-state index in [1.54, 1.807) is 11.8 Å². The van der Waals surface area contributed by atoms with E-state index in [1.807, 2.05) is 18.2 Å². The van der Waals surface area contributed by atoms with Crippen molar-refractivity contribution in [2.75, 3.05) is 17.6 Å². The lowest BCUT2D eigenvalue weighted by Gasteiger charge is -2.20. The van der Waals surface area contributed by atoms with Crippen molar-refractivity contribution in [2.45, 2.75) is 38.0 Å². The Kier molecular flexibility index (Phi) is 5.73. The fraction of sp³-hybridized carbons (Fsp3) is 0.533. The highest BCUT2D eigenvalue weighted by Crippen LogP contribution is 2.26. The van der Waals surface area contributed by atoms with Crippen molar-refractivity contribution in [2.24, 2.45) is 0 Å². The zero-order valence-electron chi connectivity index (χ0n) is 11.4. The van der Waals surface area contributed by atoms with Crippen LogP contribution in [0.1, 0.15) is 31.7 Å². The lowest BCUT2D eigenvalue weighted by atomic mass is 10.1. The number of amides is 1. The molecule has 2 N–H and O–H groups in total. The van der Waals surface area contributed by atoms with Crippen molar-refractivity contribution in [3.05, 3.63) is 29.8 Å². The first kappa shape index (κ1) is 14.4. The SMILES string of the molecule is CCNCc1cccc(NC(=O)C2CCCCS2)c1. The molecule has 1 atom stereocenters. The Labute approximate surface area is 119 Å². The monoisotopic (exact) mass is 278 g/mol. The molecule has 0 radical (unpaired) electrons. The number of benzene rings is 1. The highest BCUT2D eigenvalue weighted by Gasteiger charge is 2.21. The Bertz CT molecular complexity index is 416. The molecule has 104 valence electrons. The van der Waals surface area contributed by atoms with Gasteiger partial charge in [0.1, 0.15) is 0 Å². The summed E-state index contributed by atoms with van der Waals surface area (Å²) in [7, 11) is 0. The molecule has 1 heterocycles. The largest absolute Gasteiger partial charge is 0.325 e. The number of hydrogen-bond acceptors (Lipinski definition) is 3. The maximum atomic E-state index is 12.1. The minimum atomic E-state index is 0.131. The van der Waals surface area contributed by atoms with Gasteiger partial charge in [-0.2, -0.15) is 0 Å². The number of rotatable bonds is 5. The minimum absolute atomic E-state index is 0.131. The lowest BCUT2D eigenvalue weighted by molar-refractivity contribution is -0.115. The average Bonchev–Trinajstić information content (AvgIpc) is 2.46. The Morgan fingerprint density at radius 2 is 2.32 bits per heavy atom. The van der Waals surface area contributed by atoms with E-state index in [0.29, 0.717) is 0 Å². The fourth-order valence-corrected chi connectivity index (χ4v) is 3.40. The van der Waals surface area contributed by atoms with Crippen LogP contribution in [0.4, 0.5) is 5.69 Å². The minimum Gasteiger partial charge on any atom is -0.325 e. The molecule has 1 aromatic rings. The van der Waals surface area contributed by atoms with Gasteiger partial charge in [0.25, 0.3) is 0 Å². The standard InChI is InChI=1S/C15H22N2OS/c1-2-16-11-12-6-5-7-13(10-12)17-15(18)14-8-3-4-9-19-14/h5-7,10,14,16H,2-4,8-9,11H2,1H3,(H,17,18). The van der Waals surface area contributed by atoms with Crippen LogP contribution in [-0.2, 0) is 11.3 Å². The van der Waals surface area contributed by atoms with Crippen LogP contribution in [0.25, 0.3) is 0 Å². The van der Waals surface area contributed by atoms with Gasteiger partial charge in [-0.1, -0.05) is 25.5 Å². The van der Waals surface area contributed by atoms with Crippen molar-refractivity contribution in [3.63, 3.8) is 0 Å². The van der Waals surface area contributed by atoms with Gasteiger partial charge in [0, 0.05) is 12.2 Å². The summed E-state index contributed by atoms with van der Waals surface area (Å²) >= 11 is 1.78. The molecule has 0 aliphatic carbocycles. The zero-order chi connectivity index (χ0) is 13.5. The molecule has 1 fully saturated rings. The summed E-state index contributed by atoms with van der Waals surface area (Å²) in [6.45, 7) is 3.89. The first-order chi connectivity index (χ1) is 9.29. The molecule has 2 rings (SSSR count). The summed E-state index contributed by atoms with van der Waals surface area (Å²) in [5, 5.41) is 6.46. The van der Waals surface area contributed by atoms with Gasteiger partial charge in [0.2, 0.25) is 5.91 Å². The van der Waals surface area contributed by atoms with Gasteiger partial charge in [-0.25, -0.2) is 0 Å². The summed E-state index contributed by atoms with van der Waals surface area (Å²) in [4.78, 5) is 12.1. The van der Waals surface area contributed by atoms with Gasteiger partial charge in [0.15, 0.2) is 0 Å². The Morgan fingerprint density at radius 3 is 3.05 bits per heavy atom. The third-order valence-corrected chi connectivity index (χ3v) is 4.62. The molecular formula is C15H22N2OS. The number of carbonyl (C=O) groups is 1. The fourth-order valence-electron chi connectivity index (χ4n) is 2.20. The molecule has 1 aromatic carbocycles. The molecule has 0 saturated carbocycles. The van der Waals surface area contributed by atoms with Crippen molar-refractivity contribution in [1.82, 2.24) is 5.32 Å². The van der Waals surface area contributed by atoms with E-state index in [4.69, 9.17) is 0 Å². The smallest absolute Gasteiger partial charge is 0.237 e. The van der Waals surface area contributed by atoms with E-state index in [9.17, 15) is 4.79 Å². The summed E-state index contributed by atoms with van der Waals surface area (Å²) < 4.78 is 0. The zero-order valence-corrected chi connectivity index (χ0v) is 12.3. The molecule has 1 amide bonds. The first-order valence-corrected chi connectivity index (χ1v) is 8.06. The van der Waals surface area contributed by atoms with E-state index >= 15 is 0 Å². The van der Waals surface area contributed by atoms with E-state index < -0.39 is 0 Å². The van der Waals surface area contributed by atoms with Crippen LogP contribution in [0.3, 0.4) is 0 Å². The van der Waals surface area contributed by atoms with Crippen LogP contribution in [-0.4, -0.2) is 23.5 Å². The quantitative estimate of drug-likeness (QED) is 0.870. The van der Waals surface area contributed by atoms with Crippen LogP contribution < -0.4 is 10.6 Å². The first-order valence-electron chi connectivity index (χ1n) is 7.01. The molecule has 0 bridgehead atoms. The normalized spacial score (nSPS) is 19.1. The van der Waals surface area contributed by atoms with Gasteiger partial charge < -0.3 is 10.6 Å². The van der Waals surface area contributed by atoms with Gasteiger partial charge in [-0.15, -0.1) is 11.8 Å². The van der Waals surface area contributed by atoms with Gasteiger partial charge >= 0.3 is 0 Å². The van der Waals surface area contributed by atoms with Crippen LogP contribution in [0.5, 0.6) is 0 Å². The van der Waals surface area contributed by atoms with Crippen LogP contribution in [0.15, 0.2) is 24.3 Å². The van der Waals surface area contributed by atoms with Crippen molar-refractivity contribution >= 4 is 23.4 Å². The van der Waals surface area contributed by atoms with Crippen LogP contribution in [0, 0.1) is 0 Å². The number of carbonyl (C=O) groups excluding carboxylic acids is 1. The van der Waals surface area contributed by atoms with Crippen molar-refractivity contribution in [1.29, 1.82) is 0 Å². The molecule has 1 unspecified atom stereocenters. The topological polar surface area (TPSA) is 41.1 Å². The number of nitrogens with one attached hydrogen (secondary N) is 2. The molecule has 3 nitrogen and oxygen atoms in total. The number of hydrogen-bond donors (Lipinski definition) is 2. The lowest BCUT2D eigenvalue weighted by Crippen LogP contribution is -2.27. The van der Waals surface area contributed by atoms with Crippen LogP contribution >= 0.6 is 11.8 Å². The van der Waals surface area contributed by atoms with Crippen molar-refractivity contribution in [3.8, 4) is 0 Å². The summed E-state index contributed by atoms with van der Waals surface area (Å²) in [6, 6.07) is 8.08. The van der Waals surface area contributed by atoms with E-state index in [-0.39, 0.29) is 11.2 Å². The average molecular weight is 278 g/mol. The molecule has 0 aromatic heterocycles. The second kappa shape index (κ2) is 7.56. The molecule has 1 saturated heterocycles. The number of thioether (sulfide) groups is 1. The summed E-state index contributed by atoms with van der Waals surface area (Å²) in [5.41, 5.74) is 2.11. The molecular weight excluding hydrogens is 256 g/mol. The highest BCUT2D eigenvalue weighted by molar-refractivity contribution is 8.00. The Balaban J connectivity index is 1.92. The van der Waals surface area contributed by atoms with Gasteiger partial charge in [-0.3, -0.25) is 4.79 Å². The maximum Gasteiger partial charge on any atom is 0.237 e. The van der Waals surface area contributed by atoms with Crippen LogP contribution in [0.2, 0.25) is 0 Å². The molecule has 19 heavy (non-hydrogen) atoms. The maximum absolute atomic E-state index is 12.1. The predicted octanol–water partition coefficient (Wildman–Crippen LogP) is 3.02. The molecule has 1 aliphatic heterocycles. The second-order valence-corrected chi connectivity index (χ2v) is 6.14. The Hall–Kier alpha value is -1.00. The van der Waals surface area contributed by atoms with E-state index in [1.165, 1.54) is 18.4 Å². The number of anilines is 1. The highest BCUT2D eigenvalue weighted by atomic mass is 32.2. The molecule has 1 aliphatic rings. The van der Waals surface area contributed by atoms with Crippen molar-refractivity contribution < 1.29 is 4.79 Å². The molecule has 0 spiro atoms. The Morgan fingerprint density at radius 1 is 1.42 bits per heavy atom. The second-order valence-electron chi connectivity index (χ2n) is 4.83. The van der Waals surface area contributed by atoms with Gasteiger partial charge in [-0.05, 0) is 42.8 Å². The van der Waals surface area contributed by atoms with Gasteiger partial charge in [0.05, 0.1) is 5.25 Å². The van der Waals surface area contributed by atoms with E-state index in [0.717, 1.165) is 31.0 Å². The third kappa shape index (κ3) is 4.55. The molecule has 4 heteroatoms. The third-order valence-electron chi connectivity index (χ3n) is 3.25. The summed E-state index contributed by atoms with van der Waals surface area (Å²) in [6.07, 6.45) is 3.42. The predicted molar refractivity (Wildman–Crippen MR) is 82.5 cm³/mol.